The van der Waals surface area contributed by atoms with Gasteiger partial charge < -0.3 is 9.88 Å². The highest BCUT2D eigenvalue weighted by Crippen LogP contribution is 2.36. The monoisotopic (exact) mass is 312 g/mol. The number of nitrogens with zero attached hydrogens (tertiary/aromatic N) is 4. The van der Waals surface area contributed by atoms with Crippen molar-refractivity contribution in [2.45, 2.75) is 13.8 Å². The predicted octanol–water partition coefficient (Wildman–Crippen LogP) is 0.619. The molecule has 23 heavy (non-hydrogen) atoms. The van der Waals surface area contributed by atoms with Crippen molar-refractivity contribution in [3.8, 4) is 11.3 Å². The Morgan fingerprint density at radius 3 is 2.74 bits per heavy atom. The maximum absolute atomic E-state index is 12.0. The minimum absolute atomic E-state index is 0.266. The summed E-state index contributed by atoms with van der Waals surface area (Å²) in [5, 5.41) is 4.42. The summed E-state index contributed by atoms with van der Waals surface area (Å²) in [5.74, 6) is 0. The van der Waals surface area contributed by atoms with Crippen molar-refractivity contribution in [3.05, 3.63) is 45.5 Å². The zero-order chi connectivity index (χ0) is 16.2. The molecule has 3 aromatic heterocycles. The lowest BCUT2D eigenvalue weighted by atomic mass is 9.84. The zero-order valence-corrected chi connectivity index (χ0v) is 12.8. The van der Waals surface area contributed by atoms with Gasteiger partial charge in [0.15, 0.2) is 5.65 Å². The van der Waals surface area contributed by atoms with Crippen molar-refractivity contribution >= 4 is 11.3 Å². The van der Waals surface area contributed by atoms with E-state index in [2.05, 4.69) is 38.8 Å². The molecular weight excluding hydrogens is 296 g/mol. The number of aromatic amines is 2. The average Bonchev–Trinajstić information content (AvgIpc) is 2.92. The van der Waals surface area contributed by atoms with Gasteiger partial charge in [0.25, 0.3) is 5.56 Å². The van der Waals surface area contributed by atoms with Gasteiger partial charge in [-0.2, -0.15) is 5.10 Å². The maximum Gasteiger partial charge on any atom is 0.325 e. The quantitative estimate of drug-likeness (QED) is 0.722. The topological polar surface area (TPSA) is 99.2 Å². The molecule has 0 saturated carbocycles. The van der Waals surface area contributed by atoms with Crippen LogP contribution < -0.4 is 16.1 Å². The van der Waals surface area contributed by atoms with Crippen LogP contribution in [0.15, 0.2) is 34.2 Å². The van der Waals surface area contributed by atoms with Gasteiger partial charge in [-0.25, -0.2) is 14.3 Å². The molecule has 4 heterocycles. The van der Waals surface area contributed by atoms with Gasteiger partial charge in [0, 0.05) is 31.7 Å². The Balaban J connectivity index is 1.88. The van der Waals surface area contributed by atoms with Gasteiger partial charge in [0.2, 0.25) is 0 Å². The Morgan fingerprint density at radius 2 is 2.04 bits per heavy atom. The van der Waals surface area contributed by atoms with Crippen LogP contribution in [0.3, 0.4) is 0 Å². The fourth-order valence-corrected chi connectivity index (χ4v) is 3.02. The summed E-state index contributed by atoms with van der Waals surface area (Å²) in [6, 6.07) is 1.85. The molecule has 1 fully saturated rings. The molecule has 8 nitrogen and oxygen atoms in total. The first-order chi connectivity index (χ1) is 10.9. The Bertz CT molecular complexity index is 1000. The van der Waals surface area contributed by atoms with Crippen LogP contribution in [0, 0.1) is 5.41 Å². The third kappa shape index (κ3) is 2.23. The van der Waals surface area contributed by atoms with E-state index in [0.717, 1.165) is 24.4 Å². The number of imidazole rings is 1. The van der Waals surface area contributed by atoms with Gasteiger partial charge >= 0.3 is 5.69 Å². The first-order valence-electron chi connectivity index (χ1n) is 7.35. The Hall–Kier alpha value is -2.90. The molecule has 0 amide bonds. The molecule has 3 aromatic rings. The highest BCUT2D eigenvalue weighted by Gasteiger charge is 2.35. The summed E-state index contributed by atoms with van der Waals surface area (Å²) in [7, 11) is 0. The van der Waals surface area contributed by atoms with Crippen molar-refractivity contribution in [2.75, 3.05) is 18.0 Å². The summed E-state index contributed by atoms with van der Waals surface area (Å²) >= 11 is 0. The van der Waals surface area contributed by atoms with E-state index in [9.17, 15) is 9.59 Å². The van der Waals surface area contributed by atoms with Gasteiger partial charge in [-0.15, -0.1) is 0 Å². The molecule has 0 radical (unpaired) electrons. The van der Waals surface area contributed by atoms with Crippen LogP contribution in [0.2, 0.25) is 0 Å². The number of hydrogen-bond acceptors (Lipinski definition) is 5. The minimum Gasteiger partial charge on any atom is -0.367 e. The number of fused-ring (bicyclic) bond motifs is 1. The normalized spacial score (nSPS) is 16.5. The molecule has 1 saturated heterocycles. The molecule has 4 rings (SSSR count). The molecule has 8 heteroatoms. The smallest absolute Gasteiger partial charge is 0.325 e. The van der Waals surface area contributed by atoms with Crippen LogP contribution in [0.4, 0.5) is 5.69 Å². The van der Waals surface area contributed by atoms with Gasteiger partial charge in [-0.1, -0.05) is 13.8 Å². The van der Waals surface area contributed by atoms with Crippen LogP contribution >= 0.6 is 0 Å². The van der Waals surface area contributed by atoms with Crippen molar-refractivity contribution in [2.24, 2.45) is 5.41 Å². The summed E-state index contributed by atoms with van der Waals surface area (Å²) in [6.45, 7) is 6.25. The molecule has 0 unspecified atom stereocenters. The van der Waals surface area contributed by atoms with Gasteiger partial charge in [0.1, 0.15) is 5.69 Å². The van der Waals surface area contributed by atoms with Crippen LogP contribution in [-0.2, 0) is 0 Å². The lowest BCUT2D eigenvalue weighted by Crippen LogP contribution is -2.53. The van der Waals surface area contributed by atoms with E-state index in [0.29, 0.717) is 11.3 Å². The predicted molar refractivity (Wildman–Crippen MR) is 85.7 cm³/mol. The third-order valence-electron chi connectivity index (χ3n) is 4.01. The number of anilines is 1. The van der Waals surface area contributed by atoms with Crippen molar-refractivity contribution < 1.29 is 0 Å². The molecule has 2 N–H and O–H groups in total. The van der Waals surface area contributed by atoms with Gasteiger partial charge in [-0.05, 0) is 11.5 Å². The maximum atomic E-state index is 12.0. The van der Waals surface area contributed by atoms with Crippen LogP contribution in [0.1, 0.15) is 13.8 Å². The fraction of sp³-hybridized carbons (Fsp3) is 0.333. The van der Waals surface area contributed by atoms with E-state index in [1.807, 2.05) is 6.07 Å². The van der Waals surface area contributed by atoms with Crippen LogP contribution in [0.25, 0.3) is 16.9 Å². The highest BCUT2D eigenvalue weighted by atomic mass is 16.2. The molecule has 0 bridgehead atoms. The number of aromatic nitrogens is 5. The molecule has 0 spiro atoms. The van der Waals surface area contributed by atoms with Gasteiger partial charge in [0.05, 0.1) is 11.3 Å². The fourth-order valence-electron chi connectivity index (χ4n) is 3.02. The second-order valence-electron chi connectivity index (χ2n) is 6.62. The molecular formula is C15H16N6O2. The van der Waals surface area contributed by atoms with E-state index in [1.54, 1.807) is 16.9 Å². The number of nitrogens with one attached hydrogen (secondary N) is 2. The van der Waals surface area contributed by atoms with Crippen LogP contribution in [0.5, 0.6) is 0 Å². The second-order valence-corrected chi connectivity index (χ2v) is 6.62. The highest BCUT2D eigenvalue weighted by molar-refractivity contribution is 5.75. The molecule has 1 aliphatic heterocycles. The van der Waals surface area contributed by atoms with Crippen molar-refractivity contribution in [1.82, 2.24) is 24.6 Å². The first-order valence-corrected chi connectivity index (χ1v) is 7.35. The summed E-state index contributed by atoms with van der Waals surface area (Å²) < 4.78 is 1.65. The number of H-pyrrole nitrogens is 2. The summed E-state index contributed by atoms with van der Waals surface area (Å²) in [5.41, 5.74) is 1.77. The second kappa shape index (κ2) is 4.55. The Morgan fingerprint density at radius 1 is 1.26 bits per heavy atom. The average molecular weight is 312 g/mol. The SMILES string of the molecule is CC1(C)CN(c2cc(-c3c[nH]c(=O)[nH]c3=O)nn3ccnc23)C1. The van der Waals surface area contributed by atoms with E-state index in [1.165, 1.54) is 6.20 Å². The van der Waals surface area contributed by atoms with Crippen molar-refractivity contribution in [3.63, 3.8) is 0 Å². The third-order valence-corrected chi connectivity index (χ3v) is 4.01. The Labute approximate surface area is 130 Å². The standard InChI is InChI=1S/C15H16N6O2/c1-15(2)7-20(8-15)11-5-10(19-21-4-3-16-12(11)21)9-6-17-14(23)18-13(9)22/h3-6H,7-8H2,1-2H3,(H2,17,18,22,23). The van der Waals surface area contributed by atoms with Crippen LogP contribution in [-0.4, -0.2) is 37.7 Å². The lowest BCUT2D eigenvalue weighted by Gasteiger charge is -2.47. The minimum atomic E-state index is -0.535. The molecule has 0 aliphatic carbocycles. The Kier molecular flexibility index (Phi) is 2.72. The number of hydrogen-bond donors (Lipinski definition) is 2. The molecule has 0 atom stereocenters. The summed E-state index contributed by atoms with van der Waals surface area (Å²) in [4.78, 5) is 34.5. The van der Waals surface area contributed by atoms with Crippen molar-refractivity contribution in [1.29, 1.82) is 0 Å². The zero-order valence-electron chi connectivity index (χ0n) is 12.8. The van der Waals surface area contributed by atoms with Gasteiger partial charge in [-0.3, -0.25) is 9.78 Å². The van der Waals surface area contributed by atoms with E-state index in [-0.39, 0.29) is 5.41 Å². The van der Waals surface area contributed by atoms with E-state index in [4.69, 9.17) is 0 Å². The largest absolute Gasteiger partial charge is 0.367 e. The molecule has 1 aliphatic rings. The van der Waals surface area contributed by atoms with E-state index < -0.39 is 11.2 Å². The summed E-state index contributed by atoms with van der Waals surface area (Å²) in [6.07, 6.45) is 4.81. The molecule has 118 valence electrons. The lowest BCUT2D eigenvalue weighted by molar-refractivity contribution is 0.277. The molecule has 0 aromatic carbocycles. The van der Waals surface area contributed by atoms with E-state index >= 15 is 0 Å². The first kappa shape index (κ1) is 13.7. The number of rotatable bonds is 2.